The fraction of sp³-hybridized carbons (Fsp3) is 0.667. The SMILES string of the molecule is CC/C=C\C/C=C\C/C=C\C/C=C\C/C=C\C/C=C\C/C=C\C/C=C\CCCCC(=O)OC(COC(=O)CCCCCCCCC)COC(=O)CCCCCCCCCCCCCCCC/C=C\C/C=C\C/C=C\CCCCCCC. The van der Waals surface area contributed by atoms with Crippen LogP contribution in [0.5, 0.6) is 0 Å². The molecule has 0 amide bonds. The Labute approximate surface area is 500 Å². The molecule has 0 heterocycles. The molecule has 0 aromatic heterocycles. The number of allylic oxidation sites excluding steroid dienone is 22. The highest BCUT2D eigenvalue weighted by atomic mass is 16.6. The normalized spacial score (nSPS) is 13.0. The fourth-order valence-electron chi connectivity index (χ4n) is 9.11. The van der Waals surface area contributed by atoms with Crippen molar-refractivity contribution in [1.82, 2.24) is 0 Å². The van der Waals surface area contributed by atoms with Gasteiger partial charge in [0, 0.05) is 19.3 Å². The molecule has 0 aromatic carbocycles. The van der Waals surface area contributed by atoms with E-state index in [-0.39, 0.29) is 37.5 Å². The Morgan fingerprint density at radius 2 is 0.481 bits per heavy atom. The van der Waals surface area contributed by atoms with Crippen molar-refractivity contribution in [1.29, 1.82) is 0 Å². The molecule has 0 saturated carbocycles. The van der Waals surface area contributed by atoms with E-state index >= 15 is 0 Å². The van der Waals surface area contributed by atoms with E-state index in [0.29, 0.717) is 19.3 Å². The van der Waals surface area contributed by atoms with Crippen molar-refractivity contribution in [2.75, 3.05) is 13.2 Å². The van der Waals surface area contributed by atoms with Crippen molar-refractivity contribution in [2.45, 2.75) is 309 Å². The summed E-state index contributed by atoms with van der Waals surface area (Å²) in [7, 11) is 0. The maximum absolute atomic E-state index is 12.9. The zero-order valence-electron chi connectivity index (χ0n) is 52.8. The lowest BCUT2D eigenvalue weighted by Crippen LogP contribution is -2.30. The van der Waals surface area contributed by atoms with E-state index in [1.807, 2.05) is 0 Å². The van der Waals surface area contributed by atoms with Crippen LogP contribution in [0.2, 0.25) is 0 Å². The Balaban J connectivity index is 4.21. The smallest absolute Gasteiger partial charge is 0.306 e. The van der Waals surface area contributed by atoms with E-state index in [0.717, 1.165) is 116 Å². The second-order valence-electron chi connectivity index (χ2n) is 22.0. The van der Waals surface area contributed by atoms with Gasteiger partial charge in [0.05, 0.1) is 0 Å². The van der Waals surface area contributed by atoms with Crippen LogP contribution < -0.4 is 0 Å². The largest absolute Gasteiger partial charge is 0.462 e. The Morgan fingerprint density at radius 1 is 0.259 bits per heavy atom. The summed E-state index contributed by atoms with van der Waals surface area (Å²) in [6.07, 6.45) is 96.4. The Morgan fingerprint density at radius 3 is 0.778 bits per heavy atom. The second kappa shape index (κ2) is 68.1. The number of ether oxygens (including phenoxy) is 3. The molecule has 1 unspecified atom stereocenters. The van der Waals surface area contributed by atoms with E-state index in [4.69, 9.17) is 14.2 Å². The third kappa shape index (κ3) is 66.2. The highest BCUT2D eigenvalue weighted by Gasteiger charge is 2.19. The second-order valence-corrected chi connectivity index (χ2v) is 22.0. The minimum absolute atomic E-state index is 0.0977. The lowest BCUT2D eigenvalue weighted by molar-refractivity contribution is -0.167. The zero-order valence-corrected chi connectivity index (χ0v) is 52.8. The number of unbranched alkanes of at least 4 members (excludes halogenated alkanes) is 27. The topological polar surface area (TPSA) is 78.9 Å². The van der Waals surface area contributed by atoms with Gasteiger partial charge in [0.25, 0.3) is 0 Å². The molecule has 0 rings (SSSR count). The Kier molecular flexibility index (Phi) is 64.3. The summed E-state index contributed by atoms with van der Waals surface area (Å²) < 4.78 is 16.8. The van der Waals surface area contributed by atoms with Gasteiger partial charge in [0.2, 0.25) is 0 Å². The quantitative estimate of drug-likeness (QED) is 0.0261. The predicted molar refractivity (Wildman–Crippen MR) is 353 cm³/mol. The van der Waals surface area contributed by atoms with Gasteiger partial charge >= 0.3 is 17.9 Å². The third-order valence-electron chi connectivity index (χ3n) is 14.1. The molecule has 6 nitrogen and oxygen atoms in total. The molecule has 1 atom stereocenters. The van der Waals surface area contributed by atoms with Gasteiger partial charge in [0.1, 0.15) is 13.2 Å². The zero-order chi connectivity index (χ0) is 58.5. The number of hydrogen-bond donors (Lipinski definition) is 0. The lowest BCUT2D eigenvalue weighted by atomic mass is 10.0. The van der Waals surface area contributed by atoms with Gasteiger partial charge in [-0.15, -0.1) is 0 Å². The third-order valence-corrected chi connectivity index (χ3v) is 14.1. The Bertz CT molecular complexity index is 1720. The standard InChI is InChI=1S/C75H124O6/c1-4-7-10-13-16-18-20-22-24-26-28-30-32-34-36-37-39-40-42-44-46-48-50-52-54-56-59-62-65-68-74(77)80-71-72(70-79-73(76)67-64-61-58-15-12-9-6-3)81-75(78)69-66-63-60-57-55-53-51-49-47-45-43-41-38-35-33-31-29-27-25-23-21-19-17-14-11-8-5-2/h8,11,17,19-20,22-23,25-26,28-29,31-32,34-35,38,43,45,49,51,55,57,72H,4-7,9-10,12-16,18,21,24,27,30,33,36-37,39-42,44,46-48,50,52-54,56,58-71H2,1-3H3/b11-8-,19-17-,22-20-,25-23-,28-26-,31-29-,34-32-,38-35-,45-43-,51-49-,57-55-. The molecule has 0 aliphatic carbocycles. The lowest BCUT2D eigenvalue weighted by Gasteiger charge is -2.18. The first-order valence-corrected chi connectivity index (χ1v) is 33.7. The van der Waals surface area contributed by atoms with Crippen LogP contribution in [0.1, 0.15) is 303 Å². The van der Waals surface area contributed by atoms with Crippen LogP contribution in [0.3, 0.4) is 0 Å². The van der Waals surface area contributed by atoms with Gasteiger partial charge in [0.15, 0.2) is 6.10 Å². The average molecular weight is 1120 g/mol. The summed E-state index contributed by atoms with van der Waals surface area (Å²) in [5.41, 5.74) is 0. The molecule has 0 radical (unpaired) electrons. The fourth-order valence-corrected chi connectivity index (χ4v) is 9.11. The summed E-state index contributed by atoms with van der Waals surface area (Å²) >= 11 is 0. The molecule has 6 heteroatoms. The molecule has 0 spiro atoms. The van der Waals surface area contributed by atoms with Gasteiger partial charge in [-0.1, -0.05) is 296 Å². The molecule has 0 bridgehead atoms. The van der Waals surface area contributed by atoms with Crippen molar-refractivity contribution >= 4 is 17.9 Å². The minimum atomic E-state index is -0.804. The molecule has 0 aromatic rings. The van der Waals surface area contributed by atoms with Gasteiger partial charge in [-0.05, 0) is 122 Å². The van der Waals surface area contributed by atoms with Crippen molar-refractivity contribution < 1.29 is 28.6 Å². The Hall–Kier alpha value is -4.45. The highest BCUT2D eigenvalue weighted by Crippen LogP contribution is 2.16. The molecular weight excluding hydrogens is 997 g/mol. The monoisotopic (exact) mass is 1120 g/mol. The maximum atomic E-state index is 12.9. The molecule has 0 saturated heterocycles. The van der Waals surface area contributed by atoms with Crippen LogP contribution in [-0.4, -0.2) is 37.2 Å². The molecule has 0 aliphatic rings. The molecule has 460 valence electrons. The maximum Gasteiger partial charge on any atom is 0.306 e. The average Bonchev–Trinajstić information content (AvgIpc) is 3.46. The molecule has 81 heavy (non-hydrogen) atoms. The molecule has 0 aliphatic heterocycles. The summed E-state index contributed by atoms with van der Waals surface area (Å²) in [5.74, 6) is -0.946. The van der Waals surface area contributed by atoms with E-state index < -0.39 is 6.10 Å². The van der Waals surface area contributed by atoms with Crippen molar-refractivity contribution in [3.8, 4) is 0 Å². The van der Waals surface area contributed by atoms with Crippen molar-refractivity contribution in [3.05, 3.63) is 134 Å². The van der Waals surface area contributed by atoms with Crippen molar-refractivity contribution in [2.24, 2.45) is 0 Å². The molecule has 0 N–H and O–H groups in total. The number of carbonyl (C=O) groups is 3. The van der Waals surface area contributed by atoms with E-state index in [1.165, 1.54) is 141 Å². The first-order valence-electron chi connectivity index (χ1n) is 33.7. The summed E-state index contributed by atoms with van der Waals surface area (Å²) in [6, 6.07) is 0. The number of rotatable bonds is 60. The predicted octanol–water partition coefficient (Wildman–Crippen LogP) is 23.3. The number of esters is 3. The summed E-state index contributed by atoms with van der Waals surface area (Å²) in [5, 5.41) is 0. The molecule has 0 fully saturated rings. The number of carbonyl (C=O) groups excluding carboxylic acids is 3. The minimum Gasteiger partial charge on any atom is -0.462 e. The molecular formula is C75H124O6. The highest BCUT2D eigenvalue weighted by molar-refractivity contribution is 5.71. The van der Waals surface area contributed by atoms with Gasteiger partial charge < -0.3 is 14.2 Å². The van der Waals surface area contributed by atoms with Crippen LogP contribution in [0, 0.1) is 0 Å². The van der Waals surface area contributed by atoms with Crippen LogP contribution in [0.15, 0.2) is 134 Å². The van der Waals surface area contributed by atoms with Crippen molar-refractivity contribution in [3.63, 3.8) is 0 Å². The van der Waals surface area contributed by atoms with Crippen LogP contribution in [-0.2, 0) is 28.6 Å². The van der Waals surface area contributed by atoms with E-state index in [1.54, 1.807) is 0 Å². The van der Waals surface area contributed by atoms with E-state index in [2.05, 4.69) is 154 Å². The van der Waals surface area contributed by atoms with Crippen LogP contribution >= 0.6 is 0 Å². The first kappa shape index (κ1) is 76.5. The van der Waals surface area contributed by atoms with Gasteiger partial charge in [-0.25, -0.2) is 0 Å². The van der Waals surface area contributed by atoms with Crippen LogP contribution in [0.4, 0.5) is 0 Å². The first-order chi connectivity index (χ1) is 40.0. The van der Waals surface area contributed by atoms with Crippen LogP contribution in [0.25, 0.3) is 0 Å². The summed E-state index contributed by atoms with van der Waals surface area (Å²) in [6.45, 7) is 6.45. The number of hydrogen-bond acceptors (Lipinski definition) is 6. The summed E-state index contributed by atoms with van der Waals surface area (Å²) in [4.78, 5) is 38.1. The van der Waals surface area contributed by atoms with Gasteiger partial charge in [-0.2, -0.15) is 0 Å². The van der Waals surface area contributed by atoms with E-state index in [9.17, 15) is 14.4 Å². The van der Waals surface area contributed by atoms with Gasteiger partial charge in [-0.3, -0.25) is 14.4 Å².